The SMILES string of the molecule is CCCC(CCC)c1ncc2c(=O)[nH]c3ccc(C(=O)N(C)CCOC)cc3n12. The molecule has 0 atom stereocenters. The number of carbonyl (C=O) groups excluding carboxylic acids is 1. The lowest BCUT2D eigenvalue weighted by Gasteiger charge is -2.18. The summed E-state index contributed by atoms with van der Waals surface area (Å²) in [4.78, 5) is 34.6. The normalized spacial score (nSPS) is 11.6. The third kappa shape index (κ3) is 4.19. The van der Waals surface area contributed by atoms with Crippen LogP contribution in [-0.4, -0.2) is 52.5 Å². The van der Waals surface area contributed by atoms with E-state index in [2.05, 4.69) is 23.8 Å². The molecule has 0 saturated heterocycles. The lowest BCUT2D eigenvalue weighted by molar-refractivity contribution is 0.0744. The Balaban J connectivity index is 2.16. The van der Waals surface area contributed by atoms with Gasteiger partial charge in [-0.1, -0.05) is 26.7 Å². The quantitative estimate of drug-likeness (QED) is 0.597. The molecule has 1 amide bonds. The first-order valence-corrected chi connectivity index (χ1v) is 10.3. The van der Waals surface area contributed by atoms with Gasteiger partial charge in [-0.2, -0.15) is 0 Å². The smallest absolute Gasteiger partial charge is 0.274 e. The van der Waals surface area contributed by atoms with Gasteiger partial charge < -0.3 is 14.6 Å². The Morgan fingerprint density at radius 3 is 2.62 bits per heavy atom. The molecule has 3 aromatic rings. The van der Waals surface area contributed by atoms with Gasteiger partial charge in [-0.05, 0) is 31.0 Å². The Morgan fingerprint density at radius 1 is 1.24 bits per heavy atom. The van der Waals surface area contributed by atoms with Crippen molar-refractivity contribution in [3.05, 3.63) is 46.1 Å². The van der Waals surface area contributed by atoms with Crippen LogP contribution < -0.4 is 5.56 Å². The van der Waals surface area contributed by atoms with Crippen LogP contribution in [0.2, 0.25) is 0 Å². The first-order chi connectivity index (χ1) is 14.0. The van der Waals surface area contributed by atoms with Crippen LogP contribution in [0.1, 0.15) is 61.6 Å². The molecule has 0 radical (unpaired) electrons. The molecule has 156 valence electrons. The summed E-state index contributed by atoms with van der Waals surface area (Å²) >= 11 is 0. The number of carbonyl (C=O) groups is 1. The molecule has 0 aliphatic rings. The van der Waals surface area contributed by atoms with Crippen molar-refractivity contribution in [3.63, 3.8) is 0 Å². The number of ether oxygens (including phenoxy) is 1. The van der Waals surface area contributed by atoms with Gasteiger partial charge in [0.05, 0.1) is 23.8 Å². The average Bonchev–Trinajstić information content (AvgIpc) is 3.17. The van der Waals surface area contributed by atoms with Crippen LogP contribution in [0, 0.1) is 0 Å². The second kappa shape index (κ2) is 9.22. The maximum absolute atomic E-state index is 12.8. The van der Waals surface area contributed by atoms with Crippen molar-refractivity contribution in [2.45, 2.75) is 45.4 Å². The van der Waals surface area contributed by atoms with Crippen molar-refractivity contribution in [1.82, 2.24) is 19.3 Å². The van der Waals surface area contributed by atoms with Crippen LogP contribution in [0.25, 0.3) is 16.6 Å². The highest BCUT2D eigenvalue weighted by Gasteiger charge is 2.20. The molecule has 2 aromatic heterocycles. The topological polar surface area (TPSA) is 79.7 Å². The monoisotopic (exact) mass is 398 g/mol. The number of nitrogens with one attached hydrogen (secondary N) is 1. The highest BCUT2D eigenvalue weighted by Crippen LogP contribution is 2.28. The van der Waals surface area contributed by atoms with E-state index >= 15 is 0 Å². The molecule has 0 aliphatic carbocycles. The molecule has 0 saturated carbocycles. The van der Waals surface area contributed by atoms with Gasteiger partial charge in [0.25, 0.3) is 11.5 Å². The van der Waals surface area contributed by atoms with Gasteiger partial charge in [0.15, 0.2) is 0 Å². The zero-order chi connectivity index (χ0) is 21.0. The summed E-state index contributed by atoms with van der Waals surface area (Å²) < 4.78 is 7.01. The molecule has 7 heteroatoms. The molecule has 0 aliphatic heterocycles. The molecule has 7 nitrogen and oxygen atoms in total. The molecule has 1 aromatic carbocycles. The Kier molecular flexibility index (Phi) is 6.69. The number of rotatable bonds is 9. The highest BCUT2D eigenvalue weighted by atomic mass is 16.5. The highest BCUT2D eigenvalue weighted by molar-refractivity contribution is 5.97. The van der Waals surface area contributed by atoms with Gasteiger partial charge in [0.2, 0.25) is 0 Å². The Hall–Kier alpha value is -2.67. The molecular formula is C22H30N4O3. The standard InChI is InChI=1S/C22H30N4O3/c1-5-7-15(8-6-2)20-23-14-19-21(27)24-17-10-9-16(13-18(17)26(19)20)22(28)25(3)11-12-29-4/h9-10,13-15H,5-8,11-12H2,1-4H3,(H,24,27). The van der Waals surface area contributed by atoms with Crippen molar-refractivity contribution in [2.75, 3.05) is 27.3 Å². The molecule has 0 bridgehead atoms. The number of fused-ring (bicyclic) bond motifs is 3. The predicted octanol–water partition coefficient (Wildman–Crippen LogP) is 3.58. The van der Waals surface area contributed by atoms with Crippen LogP contribution in [0.5, 0.6) is 0 Å². The lowest BCUT2D eigenvalue weighted by Crippen LogP contribution is -2.30. The number of methoxy groups -OCH3 is 1. The minimum absolute atomic E-state index is 0.0800. The summed E-state index contributed by atoms with van der Waals surface area (Å²) in [6.45, 7) is 5.32. The Morgan fingerprint density at radius 2 is 1.97 bits per heavy atom. The number of amides is 1. The summed E-state index contributed by atoms with van der Waals surface area (Å²) in [6.07, 6.45) is 5.77. The second-order valence-electron chi connectivity index (χ2n) is 7.52. The minimum Gasteiger partial charge on any atom is -0.383 e. The number of aromatic nitrogens is 3. The Labute approximate surface area is 170 Å². The number of likely N-dealkylation sites (N-methyl/N-ethyl adjacent to an activating group) is 1. The third-order valence-electron chi connectivity index (χ3n) is 5.37. The maximum atomic E-state index is 12.8. The van der Waals surface area contributed by atoms with E-state index in [1.54, 1.807) is 37.4 Å². The van der Waals surface area contributed by atoms with Gasteiger partial charge >= 0.3 is 0 Å². The van der Waals surface area contributed by atoms with Crippen molar-refractivity contribution in [1.29, 1.82) is 0 Å². The van der Waals surface area contributed by atoms with E-state index in [0.29, 0.717) is 29.7 Å². The van der Waals surface area contributed by atoms with Crippen molar-refractivity contribution in [2.24, 2.45) is 0 Å². The Bertz CT molecular complexity index is 1050. The van der Waals surface area contributed by atoms with Crippen LogP contribution >= 0.6 is 0 Å². The fourth-order valence-electron chi connectivity index (χ4n) is 3.86. The summed E-state index contributed by atoms with van der Waals surface area (Å²) in [5.41, 5.74) is 2.42. The first kappa shape index (κ1) is 21.0. The molecule has 2 heterocycles. The molecule has 0 spiro atoms. The fraction of sp³-hybridized carbons (Fsp3) is 0.500. The molecule has 3 rings (SSSR count). The van der Waals surface area contributed by atoms with Crippen LogP contribution in [0.15, 0.2) is 29.2 Å². The van der Waals surface area contributed by atoms with Gasteiger partial charge in [-0.25, -0.2) is 4.98 Å². The number of nitrogens with zero attached hydrogens (tertiary/aromatic N) is 3. The van der Waals surface area contributed by atoms with Gasteiger partial charge in [-0.15, -0.1) is 0 Å². The van der Waals surface area contributed by atoms with Crippen LogP contribution in [0.4, 0.5) is 0 Å². The lowest BCUT2D eigenvalue weighted by atomic mass is 9.97. The molecular weight excluding hydrogens is 368 g/mol. The summed E-state index contributed by atoms with van der Waals surface area (Å²) in [5, 5.41) is 0. The number of H-pyrrole nitrogens is 1. The zero-order valence-electron chi connectivity index (χ0n) is 17.7. The third-order valence-corrected chi connectivity index (χ3v) is 5.37. The van der Waals surface area contributed by atoms with E-state index in [-0.39, 0.29) is 17.4 Å². The van der Waals surface area contributed by atoms with E-state index in [0.717, 1.165) is 37.0 Å². The predicted molar refractivity (Wildman–Crippen MR) is 115 cm³/mol. The minimum atomic E-state index is -0.167. The van der Waals surface area contributed by atoms with E-state index in [1.807, 2.05) is 10.5 Å². The largest absolute Gasteiger partial charge is 0.383 e. The van der Waals surface area contributed by atoms with E-state index in [1.165, 1.54) is 0 Å². The number of aromatic amines is 1. The molecule has 0 fully saturated rings. The van der Waals surface area contributed by atoms with Crippen LogP contribution in [0.3, 0.4) is 0 Å². The molecule has 29 heavy (non-hydrogen) atoms. The summed E-state index contributed by atoms with van der Waals surface area (Å²) in [6, 6.07) is 5.40. The van der Waals surface area contributed by atoms with Crippen molar-refractivity contribution >= 4 is 22.5 Å². The molecule has 0 unspecified atom stereocenters. The zero-order valence-corrected chi connectivity index (χ0v) is 17.7. The summed E-state index contributed by atoms with van der Waals surface area (Å²) in [7, 11) is 3.38. The number of hydrogen-bond acceptors (Lipinski definition) is 4. The maximum Gasteiger partial charge on any atom is 0.274 e. The van der Waals surface area contributed by atoms with Gasteiger partial charge in [0.1, 0.15) is 11.3 Å². The number of hydrogen-bond donors (Lipinski definition) is 1. The fourth-order valence-corrected chi connectivity index (χ4v) is 3.86. The van der Waals surface area contributed by atoms with Crippen molar-refractivity contribution < 1.29 is 9.53 Å². The second-order valence-corrected chi connectivity index (χ2v) is 7.52. The number of imidazole rings is 1. The van der Waals surface area contributed by atoms with E-state index < -0.39 is 0 Å². The summed E-state index contributed by atoms with van der Waals surface area (Å²) in [5.74, 6) is 1.10. The number of benzene rings is 1. The van der Waals surface area contributed by atoms with Gasteiger partial charge in [0, 0.05) is 32.2 Å². The van der Waals surface area contributed by atoms with Crippen LogP contribution in [-0.2, 0) is 4.74 Å². The van der Waals surface area contributed by atoms with E-state index in [9.17, 15) is 9.59 Å². The van der Waals surface area contributed by atoms with Gasteiger partial charge in [-0.3, -0.25) is 14.0 Å². The average molecular weight is 399 g/mol. The molecule has 1 N–H and O–H groups in total. The van der Waals surface area contributed by atoms with Crippen molar-refractivity contribution in [3.8, 4) is 0 Å². The first-order valence-electron chi connectivity index (χ1n) is 10.3. The van der Waals surface area contributed by atoms with E-state index in [4.69, 9.17) is 4.74 Å².